The number of aromatic nitrogens is 2. The molecule has 1 amide bonds. The van der Waals surface area contributed by atoms with Gasteiger partial charge in [-0.15, -0.1) is 0 Å². The molecule has 0 saturated carbocycles. The molecule has 1 aromatic heterocycles. The van der Waals surface area contributed by atoms with Crippen molar-refractivity contribution in [1.82, 2.24) is 20.4 Å². The standard InChI is InChI=1S/C12H20N4O/c1-3-16(10-4-6-13-7-5-10)12(17)11-8-14-15-9(11)2/h8,10,13H,3-7H2,1-2H3,(H,14,15). The second kappa shape index (κ2) is 5.31. The van der Waals surface area contributed by atoms with Gasteiger partial charge in [0.2, 0.25) is 0 Å². The van der Waals surface area contributed by atoms with Gasteiger partial charge in [-0.2, -0.15) is 5.10 Å². The van der Waals surface area contributed by atoms with Crippen molar-refractivity contribution in [2.75, 3.05) is 19.6 Å². The summed E-state index contributed by atoms with van der Waals surface area (Å²) in [4.78, 5) is 14.4. The van der Waals surface area contributed by atoms with Crippen LogP contribution in [0.15, 0.2) is 6.20 Å². The third kappa shape index (κ3) is 2.49. The van der Waals surface area contributed by atoms with Gasteiger partial charge in [-0.25, -0.2) is 0 Å². The van der Waals surface area contributed by atoms with Crippen molar-refractivity contribution in [2.24, 2.45) is 0 Å². The van der Waals surface area contributed by atoms with E-state index in [1.165, 1.54) is 0 Å². The average molecular weight is 236 g/mol. The normalized spacial score (nSPS) is 17.1. The average Bonchev–Trinajstić information content (AvgIpc) is 2.77. The topological polar surface area (TPSA) is 61.0 Å². The quantitative estimate of drug-likeness (QED) is 0.821. The van der Waals surface area contributed by atoms with Crippen LogP contribution in [0.25, 0.3) is 0 Å². The van der Waals surface area contributed by atoms with Gasteiger partial charge in [0.15, 0.2) is 0 Å². The second-order valence-corrected chi connectivity index (χ2v) is 4.48. The first-order valence-electron chi connectivity index (χ1n) is 6.25. The molecule has 94 valence electrons. The summed E-state index contributed by atoms with van der Waals surface area (Å²) in [6.45, 7) is 6.68. The molecular weight excluding hydrogens is 216 g/mol. The summed E-state index contributed by atoms with van der Waals surface area (Å²) in [6, 6.07) is 0.364. The van der Waals surface area contributed by atoms with Crippen LogP contribution in [-0.4, -0.2) is 46.7 Å². The van der Waals surface area contributed by atoms with Gasteiger partial charge in [0, 0.05) is 18.3 Å². The number of aromatic amines is 1. The molecule has 2 N–H and O–H groups in total. The molecule has 0 radical (unpaired) electrons. The van der Waals surface area contributed by atoms with Crippen LogP contribution in [0.3, 0.4) is 0 Å². The van der Waals surface area contributed by atoms with Gasteiger partial charge in [-0.3, -0.25) is 9.89 Å². The highest BCUT2D eigenvalue weighted by atomic mass is 16.2. The van der Waals surface area contributed by atoms with E-state index in [0.717, 1.165) is 38.2 Å². The SMILES string of the molecule is CCN(C(=O)c1cn[nH]c1C)C1CCNCC1. The van der Waals surface area contributed by atoms with Gasteiger partial charge in [0.25, 0.3) is 5.91 Å². The van der Waals surface area contributed by atoms with Crippen molar-refractivity contribution in [1.29, 1.82) is 0 Å². The van der Waals surface area contributed by atoms with Crippen LogP contribution in [0.5, 0.6) is 0 Å². The Hall–Kier alpha value is -1.36. The van der Waals surface area contributed by atoms with Crippen LogP contribution in [0, 0.1) is 6.92 Å². The van der Waals surface area contributed by atoms with Crippen LogP contribution < -0.4 is 5.32 Å². The minimum Gasteiger partial charge on any atom is -0.336 e. The predicted octanol–water partition coefficient (Wildman–Crippen LogP) is 0.932. The molecule has 1 aliphatic rings. The summed E-state index contributed by atoms with van der Waals surface area (Å²) in [7, 11) is 0. The molecular formula is C12H20N4O. The van der Waals surface area contributed by atoms with E-state index in [0.29, 0.717) is 11.6 Å². The lowest BCUT2D eigenvalue weighted by molar-refractivity contribution is 0.0655. The van der Waals surface area contributed by atoms with Crippen molar-refractivity contribution in [3.8, 4) is 0 Å². The number of hydrogen-bond donors (Lipinski definition) is 2. The zero-order chi connectivity index (χ0) is 12.3. The number of aryl methyl sites for hydroxylation is 1. The Balaban J connectivity index is 2.12. The number of H-pyrrole nitrogens is 1. The Morgan fingerprint density at radius 1 is 1.53 bits per heavy atom. The number of carbonyl (C=O) groups is 1. The Kier molecular flexibility index (Phi) is 3.78. The monoisotopic (exact) mass is 236 g/mol. The summed E-state index contributed by atoms with van der Waals surface area (Å²) >= 11 is 0. The molecule has 1 aromatic rings. The molecule has 0 aromatic carbocycles. The van der Waals surface area contributed by atoms with Gasteiger partial charge >= 0.3 is 0 Å². The number of nitrogens with zero attached hydrogens (tertiary/aromatic N) is 2. The largest absolute Gasteiger partial charge is 0.336 e. The Labute approximate surface area is 102 Å². The summed E-state index contributed by atoms with van der Waals surface area (Å²) in [5.74, 6) is 0.102. The van der Waals surface area contributed by atoms with Crippen molar-refractivity contribution < 1.29 is 4.79 Å². The molecule has 1 fully saturated rings. The van der Waals surface area contributed by atoms with Gasteiger partial charge in [0.1, 0.15) is 0 Å². The Morgan fingerprint density at radius 2 is 2.24 bits per heavy atom. The lowest BCUT2D eigenvalue weighted by Crippen LogP contribution is -2.46. The molecule has 1 aliphatic heterocycles. The maximum Gasteiger partial charge on any atom is 0.257 e. The van der Waals surface area contributed by atoms with E-state index in [-0.39, 0.29) is 5.91 Å². The Morgan fingerprint density at radius 3 is 2.76 bits per heavy atom. The number of hydrogen-bond acceptors (Lipinski definition) is 3. The molecule has 5 nitrogen and oxygen atoms in total. The Bertz CT molecular complexity index is 382. The first-order chi connectivity index (χ1) is 8.24. The molecule has 0 aliphatic carbocycles. The fourth-order valence-electron chi connectivity index (χ4n) is 2.41. The zero-order valence-corrected chi connectivity index (χ0v) is 10.5. The number of rotatable bonds is 3. The van der Waals surface area contributed by atoms with E-state index < -0.39 is 0 Å². The van der Waals surface area contributed by atoms with Gasteiger partial charge < -0.3 is 10.2 Å². The molecule has 17 heavy (non-hydrogen) atoms. The molecule has 0 bridgehead atoms. The molecule has 0 unspecified atom stereocenters. The van der Waals surface area contributed by atoms with Crippen molar-refractivity contribution >= 4 is 5.91 Å². The summed E-state index contributed by atoms with van der Waals surface area (Å²) in [5, 5.41) is 10.1. The summed E-state index contributed by atoms with van der Waals surface area (Å²) in [6.07, 6.45) is 3.70. The second-order valence-electron chi connectivity index (χ2n) is 4.48. The molecule has 0 atom stereocenters. The predicted molar refractivity (Wildman–Crippen MR) is 65.9 cm³/mol. The molecule has 5 heteroatoms. The highest BCUT2D eigenvalue weighted by Gasteiger charge is 2.26. The molecule has 1 saturated heterocycles. The van der Waals surface area contributed by atoms with E-state index in [2.05, 4.69) is 15.5 Å². The fourth-order valence-corrected chi connectivity index (χ4v) is 2.41. The summed E-state index contributed by atoms with van der Waals surface area (Å²) in [5.41, 5.74) is 1.55. The van der Waals surface area contributed by atoms with Crippen LogP contribution in [-0.2, 0) is 0 Å². The smallest absolute Gasteiger partial charge is 0.257 e. The van der Waals surface area contributed by atoms with Crippen molar-refractivity contribution in [2.45, 2.75) is 32.7 Å². The summed E-state index contributed by atoms with van der Waals surface area (Å²) < 4.78 is 0. The lowest BCUT2D eigenvalue weighted by Gasteiger charge is -2.33. The fraction of sp³-hybridized carbons (Fsp3) is 0.667. The number of piperidine rings is 1. The minimum absolute atomic E-state index is 0.102. The van der Waals surface area contributed by atoms with E-state index in [1.54, 1.807) is 6.20 Å². The zero-order valence-electron chi connectivity index (χ0n) is 10.5. The van der Waals surface area contributed by atoms with Crippen LogP contribution in [0.1, 0.15) is 35.8 Å². The van der Waals surface area contributed by atoms with Gasteiger partial charge in [-0.1, -0.05) is 0 Å². The third-order valence-electron chi connectivity index (χ3n) is 3.41. The van der Waals surface area contributed by atoms with Gasteiger partial charge in [0.05, 0.1) is 11.8 Å². The van der Waals surface area contributed by atoms with E-state index in [4.69, 9.17) is 0 Å². The first-order valence-corrected chi connectivity index (χ1v) is 6.25. The van der Waals surface area contributed by atoms with Crippen LogP contribution in [0.4, 0.5) is 0 Å². The van der Waals surface area contributed by atoms with E-state index >= 15 is 0 Å². The van der Waals surface area contributed by atoms with Gasteiger partial charge in [-0.05, 0) is 39.8 Å². The maximum absolute atomic E-state index is 12.4. The van der Waals surface area contributed by atoms with Crippen molar-refractivity contribution in [3.05, 3.63) is 17.5 Å². The van der Waals surface area contributed by atoms with Crippen LogP contribution >= 0.6 is 0 Å². The highest BCUT2D eigenvalue weighted by Crippen LogP contribution is 2.16. The highest BCUT2D eigenvalue weighted by molar-refractivity contribution is 5.95. The van der Waals surface area contributed by atoms with Crippen LogP contribution in [0.2, 0.25) is 0 Å². The molecule has 0 spiro atoms. The van der Waals surface area contributed by atoms with E-state index in [1.807, 2.05) is 18.7 Å². The number of carbonyl (C=O) groups excluding carboxylic acids is 1. The number of nitrogens with one attached hydrogen (secondary N) is 2. The van der Waals surface area contributed by atoms with Crippen molar-refractivity contribution in [3.63, 3.8) is 0 Å². The third-order valence-corrected chi connectivity index (χ3v) is 3.41. The molecule has 2 heterocycles. The first kappa shape index (κ1) is 12.1. The lowest BCUT2D eigenvalue weighted by atomic mass is 10.0. The number of amides is 1. The minimum atomic E-state index is 0.102. The molecule has 2 rings (SSSR count). The maximum atomic E-state index is 12.4. The van der Waals surface area contributed by atoms with E-state index in [9.17, 15) is 4.79 Å².